The molecular formula is C15H18N2O. The number of hydrogen-bond acceptors (Lipinski definition) is 2. The van der Waals surface area contributed by atoms with Crippen molar-refractivity contribution in [1.29, 1.82) is 0 Å². The SMILES string of the molecule is CN[C@@H]1CCCCc2[nH]c(=O)c3ccccc3c21. The molecule has 1 heterocycles. The maximum absolute atomic E-state index is 12.1. The average molecular weight is 242 g/mol. The summed E-state index contributed by atoms with van der Waals surface area (Å²) in [4.78, 5) is 15.2. The van der Waals surface area contributed by atoms with E-state index in [2.05, 4.69) is 16.4 Å². The van der Waals surface area contributed by atoms with E-state index >= 15 is 0 Å². The summed E-state index contributed by atoms with van der Waals surface area (Å²) in [6, 6.07) is 8.27. The molecule has 1 aliphatic carbocycles. The first-order chi connectivity index (χ1) is 8.81. The van der Waals surface area contributed by atoms with Gasteiger partial charge in [0.25, 0.3) is 5.56 Å². The van der Waals surface area contributed by atoms with Crippen molar-refractivity contribution >= 4 is 10.8 Å². The summed E-state index contributed by atoms with van der Waals surface area (Å²) in [7, 11) is 2.00. The second kappa shape index (κ2) is 4.58. The number of aromatic amines is 1. The minimum Gasteiger partial charge on any atom is -0.325 e. The second-order valence-electron chi connectivity index (χ2n) is 4.98. The standard InChI is InChI=1S/C15H18N2O/c1-16-12-8-4-5-9-13-14(12)10-6-2-3-7-11(10)15(18)17-13/h2-3,6-7,12,16H,4-5,8-9H2,1H3,(H,17,18)/t12-/m1/s1. The molecule has 2 N–H and O–H groups in total. The molecule has 1 aromatic carbocycles. The lowest BCUT2D eigenvalue weighted by Crippen LogP contribution is -2.20. The largest absolute Gasteiger partial charge is 0.325 e. The molecule has 3 heteroatoms. The van der Waals surface area contributed by atoms with Gasteiger partial charge in [-0.15, -0.1) is 0 Å². The highest BCUT2D eigenvalue weighted by molar-refractivity contribution is 5.86. The molecule has 0 spiro atoms. The highest BCUT2D eigenvalue weighted by atomic mass is 16.1. The summed E-state index contributed by atoms with van der Waals surface area (Å²) in [5.41, 5.74) is 2.46. The molecule has 3 rings (SSSR count). The molecule has 0 unspecified atom stereocenters. The number of hydrogen-bond donors (Lipinski definition) is 2. The lowest BCUT2D eigenvalue weighted by Gasteiger charge is -2.18. The summed E-state index contributed by atoms with van der Waals surface area (Å²) in [6.07, 6.45) is 4.48. The Morgan fingerprint density at radius 3 is 2.78 bits per heavy atom. The smallest absolute Gasteiger partial charge is 0.256 e. The van der Waals surface area contributed by atoms with Crippen LogP contribution >= 0.6 is 0 Å². The Labute approximate surface area is 106 Å². The summed E-state index contributed by atoms with van der Waals surface area (Å²) in [5.74, 6) is 0. The van der Waals surface area contributed by atoms with Crippen molar-refractivity contribution in [3.63, 3.8) is 0 Å². The van der Waals surface area contributed by atoms with E-state index < -0.39 is 0 Å². The molecule has 0 fully saturated rings. The normalized spacial score (nSPS) is 19.5. The third-order valence-electron chi connectivity index (χ3n) is 3.92. The third kappa shape index (κ3) is 1.75. The Bertz CT molecular complexity index is 630. The zero-order chi connectivity index (χ0) is 12.5. The van der Waals surface area contributed by atoms with E-state index in [0.717, 1.165) is 35.7 Å². The van der Waals surface area contributed by atoms with Gasteiger partial charge in [-0.05, 0) is 43.3 Å². The molecule has 0 bridgehead atoms. The Hall–Kier alpha value is -1.61. The predicted molar refractivity (Wildman–Crippen MR) is 73.9 cm³/mol. The molecule has 0 saturated heterocycles. The van der Waals surface area contributed by atoms with Gasteiger partial charge in [0.1, 0.15) is 0 Å². The lowest BCUT2D eigenvalue weighted by atomic mass is 9.97. The van der Waals surface area contributed by atoms with Gasteiger partial charge in [-0.1, -0.05) is 24.6 Å². The Morgan fingerprint density at radius 2 is 2.00 bits per heavy atom. The van der Waals surface area contributed by atoms with E-state index in [0.29, 0.717) is 6.04 Å². The van der Waals surface area contributed by atoms with E-state index in [1.54, 1.807) is 0 Å². The van der Waals surface area contributed by atoms with Gasteiger partial charge in [0, 0.05) is 17.1 Å². The maximum Gasteiger partial charge on any atom is 0.256 e. The van der Waals surface area contributed by atoms with Crippen LogP contribution in [0.5, 0.6) is 0 Å². The number of rotatable bonds is 1. The van der Waals surface area contributed by atoms with Gasteiger partial charge in [0.05, 0.1) is 0 Å². The molecule has 1 aliphatic rings. The molecular weight excluding hydrogens is 224 g/mol. The Morgan fingerprint density at radius 1 is 1.22 bits per heavy atom. The molecule has 0 saturated carbocycles. The van der Waals surface area contributed by atoms with E-state index in [4.69, 9.17) is 0 Å². The molecule has 3 nitrogen and oxygen atoms in total. The molecule has 0 amide bonds. The summed E-state index contributed by atoms with van der Waals surface area (Å²) in [6.45, 7) is 0. The number of aryl methyl sites for hydroxylation is 1. The van der Waals surface area contributed by atoms with Crippen LogP contribution in [0.1, 0.15) is 36.6 Å². The predicted octanol–water partition coefficient (Wildman–Crippen LogP) is 2.52. The van der Waals surface area contributed by atoms with Gasteiger partial charge < -0.3 is 10.3 Å². The monoisotopic (exact) mass is 242 g/mol. The summed E-state index contributed by atoms with van der Waals surface area (Å²) < 4.78 is 0. The highest BCUT2D eigenvalue weighted by Crippen LogP contribution is 2.31. The van der Waals surface area contributed by atoms with Crippen LogP contribution in [0.15, 0.2) is 29.1 Å². The number of aromatic nitrogens is 1. The van der Waals surface area contributed by atoms with Gasteiger partial charge >= 0.3 is 0 Å². The molecule has 18 heavy (non-hydrogen) atoms. The van der Waals surface area contributed by atoms with Crippen molar-refractivity contribution in [1.82, 2.24) is 10.3 Å². The van der Waals surface area contributed by atoms with Gasteiger partial charge in [0.15, 0.2) is 0 Å². The van der Waals surface area contributed by atoms with Crippen LogP contribution in [0.3, 0.4) is 0 Å². The van der Waals surface area contributed by atoms with E-state index in [1.165, 1.54) is 12.0 Å². The van der Waals surface area contributed by atoms with Gasteiger partial charge in [-0.2, -0.15) is 0 Å². The molecule has 1 aromatic heterocycles. The van der Waals surface area contributed by atoms with Crippen LogP contribution in [-0.2, 0) is 6.42 Å². The second-order valence-corrected chi connectivity index (χ2v) is 4.98. The van der Waals surface area contributed by atoms with Crippen LogP contribution in [0.25, 0.3) is 10.8 Å². The van der Waals surface area contributed by atoms with Crippen molar-refractivity contribution < 1.29 is 0 Å². The zero-order valence-electron chi connectivity index (χ0n) is 10.6. The molecule has 0 radical (unpaired) electrons. The number of benzene rings is 1. The molecule has 2 aromatic rings. The van der Waals surface area contributed by atoms with Crippen LogP contribution in [0, 0.1) is 0 Å². The number of pyridine rings is 1. The molecule has 1 atom stereocenters. The first-order valence-electron chi connectivity index (χ1n) is 6.62. The Balaban J connectivity index is 2.36. The minimum absolute atomic E-state index is 0.0427. The number of H-pyrrole nitrogens is 1. The quantitative estimate of drug-likeness (QED) is 0.755. The fourth-order valence-corrected chi connectivity index (χ4v) is 3.03. The van der Waals surface area contributed by atoms with Crippen molar-refractivity contribution in [2.45, 2.75) is 31.7 Å². The topological polar surface area (TPSA) is 44.9 Å². The van der Waals surface area contributed by atoms with Crippen LogP contribution in [0.4, 0.5) is 0 Å². The van der Waals surface area contributed by atoms with Gasteiger partial charge in [0.2, 0.25) is 0 Å². The van der Waals surface area contributed by atoms with Crippen LogP contribution in [0.2, 0.25) is 0 Å². The van der Waals surface area contributed by atoms with E-state index in [1.807, 2.05) is 25.2 Å². The lowest BCUT2D eigenvalue weighted by molar-refractivity contribution is 0.536. The molecule has 94 valence electrons. The Kier molecular flexibility index (Phi) is 2.92. The van der Waals surface area contributed by atoms with Crippen LogP contribution < -0.4 is 10.9 Å². The summed E-state index contributed by atoms with van der Waals surface area (Å²) >= 11 is 0. The van der Waals surface area contributed by atoms with Gasteiger partial charge in [-0.25, -0.2) is 0 Å². The maximum atomic E-state index is 12.1. The van der Waals surface area contributed by atoms with Crippen molar-refractivity contribution in [2.24, 2.45) is 0 Å². The van der Waals surface area contributed by atoms with Gasteiger partial charge in [-0.3, -0.25) is 4.79 Å². The summed E-state index contributed by atoms with van der Waals surface area (Å²) in [5, 5.41) is 5.30. The fraction of sp³-hybridized carbons (Fsp3) is 0.400. The molecule has 0 aliphatic heterocycles. The van der Waals surface area contributed by atoms with Crippen LogP contribution in [-0.4, -0.2) is 12.0 Å². The van der Waals surface area contributed by atoms with Crippen molar-refractivity contribution in [3.8, 4) is 0 Å². The van der Waals surface area contributed by atoms with E-state index in [-0.39, 0.29) is 5.56 Å². The first-order valence-corrected chi connectivity index (χ1v) is 6.62. The highest BCUT2D eigenvalue weighted by Gasteiger charge is 2.21. The number of nitrogens with one attached hydrogen (secondary N) is 2. The number of fused-ring (bicyclic) bond motifs is 3. The average Bonchev–Trinajstić information content (AvgIpc) is 2.61. The fourth-order valence-electron chi connectivity index (χ4n) is 3.03. The van der Waals surface area contributed by atoms with E-state index in [9.17, 15) is 4.79 Å². The first kappa shape index (κ1) is 11.5. The van der Waals surface area contributed by atoms with Crippen molar-refractivity contribution in [3.05, 3.63) is 45.9 Å². The zero-order valence-corrected chi connectivity index (χ0v) is 10.6. The van der Waals surface area contributed by atoms with Crippen molar-refractivity contribution in [2.75, 3.05) is 7.05 Å². The minimum atomic E-state index is 0.0427. The third-order valence-corrected chi connectivity index (χ3v) is 3.92.